The molecule has 2 saturated heterocycles. The van der Waals surface area contributed by atoms with Crippen LogP contribution in [-0.2, 0) is 16.4 Å². The molecule has 350 valence electrons. The van der Waals surface area contributed by atoms with Gasteiger partial charge in [0.25, 0.3) is 21.6 Å². The molecule has 3 aliphatic rings. The minimum Gasteiger partial charge on any atom is -0.455 e. The van der Waals surface area contributed by atoms with Crippen molar-refractivity contribution in [1.82, 2.24) is 24.5 Å². The van der Waals surface area contributed by atoms with Crippen molar-refractivity contribution in [3.63, 3.8) is 0 Å². The van der Waals surface area contributed by atoms with Crippen LogP contribution >= 0.6 is 18.5 Å². The number of H-pyrrole nitrogens is 1. The zero-order valence-corrected chi connectivity index (χ0v) is 40.2. The van der Waals surface area contributed by atoms with Crippen molar-refractivity contribution in [2.24, 2.45) is 5.41 Å². The Morgan fingerprint density at radius 3 is 2.50 bits per heavy atom. The predicted molar refractivity (Wildman–Crippen MR) is 264 cm³/mol. The van der Waals surface area contributed by atoms with Crippen LogP contribution in [0.2, 0.25) is 5.02 Å². The van der Waals surface area contributed by atoms with E-state index in [0.29, 0.717) is 30.9 Å². The minimum absolute atomic E-state index is 0.0561. The van der Waals surface area contributed by atoms with Crippen LogP contribution in [0.15, 0.2) is 95.7 Å². The van der Waals surface area contributed by atoms with Gasteiger partial charge in [0, 0.05) is 91.8 Å². The lowest BCUT2D eigenvalue weighted by molar-refractivity contribution is -0.385. The molecule has 0 saturated carbocycles. The average molecular weight is 959 g/mol. The zero-order chi connectivity index (χ0) is 46.8. The van der Waals surface area contributed by atoms with Crippen LogP contribution in [-0.4, -0.2) is 123 Å². The number of halogens is 2. The summed E-state index contributed by atoms with van der Waals surface area (Å²) in [5.74, 6) is -0.524. The molecule has 2 fully saturated rings. The highest BCUT2D eigenvalue weighted by molar-refractivity contribution is 7.90. The molecule has 2 aromatic heterocycles. The highest BCUT2D eigenvalue weighted by Crippen LogP contribution is 2.44. The number of rotatable bonds is 15. The summed E-state index contributed by atoms with van der Waals surface area (Å²) in [6, 6.07) is 20.0. The molecule has 3 aromatic carbocycles. The second-order valence-electron chi connectivity index (χ2n) is 19.0. The minimum atomic E-state index is -4.61. The lowest BCUT2D eigenvalue weighted by atomic mass is 9.72. The molecule has 0 bridgehead atoms. The van der Waals surface area contributed by atoms with Crippen molar-refractivity contribution in [1.29, 1.82) is 0 Å². The number of sulfonamides is 1. The first-order valence-electron chi connectivity index (χ1n) is 22.5. The summed E-state index contributed by atoms with van der Waals surface area (Å²) in [6.45, 7) is 10.4. The number of nitrogens with one attached hydrogen (secondary N) is 2. The van der Waals surface area contributed by atoms with Gasteiger partial charge in [0.05, 0.1) is 21.6 Å². The molecular weight excluding hydrogens is 900 g/mol. The fraction of sp³-hybridized carbons (Fsp3) is 0.408. The number of aromatic nitrogens is 2. The number of pyridine rings is 1. The largest absolute Gasteiger partial charge is 0.455 e. The molecule has 2 N–H and O–H groups in total. The van der Waals surface area contributed by atoms with Gasteiger partial charge in [-0.25, -0.2) is 22.5 Å². The predicted octanol–water partition coefficient (Wildman–Crippen LogP) is 9.49. The van der Waals surface area contributed by atoms with Crippen molar-refractivity contribution >= 4 is 68.7 Å². The summed E-state index contributed by atoms with van der Waals surface area (Å²) in [4.78, 5) is 39.5. The number of ether oxygens (including phenoxy) is 1. The highest BCUT2D eigenvalue weighted by Gasteiger charge is 2.31. The lowest BCUT2D eigenvalue weighted by Crippen LogP contribution is -2.47. The van der Waals surface area contributed by atoms with Gasteiger partial charge < -0.3 is 14.6 Å². The number of aromatic amines is 1. The summed E-state index contributed by atoms with van der Waals surface area (Å²) in [5.41, 5.74) is 5.56. The Balaban J connectivity index is 0.989. The number of carbonyl (C=O) groups is 1. The standard InChI is InChI=1S/C49H58ClFN7O6PS/c1-49(2)17-15-37(44(30-49)34-5-9-38(50)10-6-34)33-55-19-21-56(22-20-55)39-12-14-43(46(28-39)64-41-27-36-16-18-52-47(36)53-32-41)48(59)54-66(62,63)42-13-8-35(45(29-42)58(60)61)7-11-40(31-51)57-23-25-65(3,4)26-24-57/h5-6,8-10,12-14,16,18,27-29,32,40H,3,7,11,15,17,19-26,30-31,33H2,1-2,4H3,(H,52,53)(H,54,59). The number of allylic oxidation sites excluding steroid dienone is 1. The number of carbonyl (C=O) groups excluding carboxylic acids is 1. The normalized spacial score (nSPS) is 18.6. The second-order valence-corrected chi connectivity index (χ2v) is 25.2. The topological polar surface area (TPSA) is 154 Å². The summed E-state index contributed by atoms with van der Waals surface area (Å²) in [5, 5.41) is 13.8. The molecule has 8 rings (SSSR count). The molecule has 1 aliphatic carbocycles. The van der Waals surface area contributed by atoms with Crippen molar-refractivity contribution in [2.75, 3.05) is 76.4 Å². The fourth-order valence-electron chi connectivity index (χ4n) is 9.32. The summed E-state index contributed by atoms with van der Waals surface area (Å²) >= 11 is 6.25. The van der Waals surface area contributed by atoms with Gasteiger partial charge in [-0.2, -0.15) is 0 Å². The number of piperazine rings is 1. The van der Waals surface area contributed by atoms with E-state index >= 15 is 0 Å². The highest BCUT2D eigenvalue weighted by atomic mass is 35.5. The van der Waals surface area contributed by atoms with Crippen LogP contribution in [0.25, 0.3) is 16.6 Å². The third-order valence-electron chi connectivity index (χ3n) is 13.4. The first kappa shape index (κ1) is 47.4. The first-order valence-corrected chi connectivity index (χ1v) is 27.1. The molecule has 5 aromatic rings. The van der Waals surface area contributed by atoms with Gasteiger partial charge in [-0.05, 0) is 110 Å². The summed E-state index contributed by atoms with van der Waals surface area (Å²) in [7, 11) is -4.61. The number of hydrogen-bond donors (Lipinski definition) is 2. The number of nitro groups is 1. The van der Waals surface area contributed by atoms with E-state index < -0.39 is 51.0 Å². The number of amides is 1. The summed E-state index contributed by atoms with van der Waals surface area (Å²) in [6.07, 6.45) is 13.2. The molecule has 17 heteroatoms. The van der Waals surface area contributed by atoms with Gasteiger partial charge in [-0.1, -0.05) is 49.2 Å². The van der Waals surface area contributed by atoms with Crippen LogP contribution in [0.4, 0.5) is 15.8 Å². The Labute approximate surface area is 391 Å². The average Bonchev–Trinajstić information content (AvgIpc) is 3.76. The molecule has 0 radical (unpaired) electrons. The second kappa shape index (κ2) is 19.7. The van der Waals surface area contributed by atoms with Gasteiger partial charge >= 0.3 is 0 Å². The van der Waals surface area contributed by atoms with Crippen LogP contribution < -0.4 is 14.4 Å². The van der Waals surface area contributed by atoms with Gasteiger partial charge in [-0.3, -0.25) is 24.7 Å². The number of fused-ring (bicyclic) bond motifs is 1. The molecule has 1 amide bonds. The number of aryl methyl sites for hydroxylation is 1. The molecular formula is C49H58ClFN7O6PS. The third kappa shape index (κ3) is 11.2. The van der Waals surface area contributed by atoms with E-state index in [9.17, 15) is 27.7 Å². The quantitative estimate of drug-likeness (QED) is 0.0590. The third-order valence-corrected chi connectivity index (χ3v) is 17.6. The Kier molecular flexibility index (Phi) is 14.1. The number of nitrogens with zero attached hydrogens (tertiary/aromatic N) is 5. The number of nitro benzene ring substituents is 1. The van der Waals surface area contributed by atoms with Crippen LogP contribution in [0, 0.1) is 15.5 Å². The van der Waals surface area contributed by atoms with E-state index in [1.807, 2.05) is 18.2 Å². The number of hydrogen-bond acceptors (Lipinski definition) is 10. The Morgan fingerprint density at radius 2 is 1.79 bits per heavy atom. The van der Waals surface area contributed by atoms with Crippen molar-refractivity contribution in [2.45, 2.75) is 56.9 Å². The Hall–Kier alpha value is -5.05. The molecule has 2 aliphatic heterocycles. The van der Waals surface area contributed by atoms with Crippen LogP contribution in [0.1, 0.15) is 61.0 Å². The van der Waals surface area contributed by atoms with E-state index in [1.165, 1.54) is 41.1 Å². The first-order chi connectivity index (χ1) is 31.5. The van der Waals surface area contributed by atoms with Gasteiger partial charge in [0.1, 0.15) is 23.8 Å². The Morgan fingerprint density at radius 1 is 1.05 bits per heavy atom. The molecule has 1 atom stereocenters. The van der Waals surface area contributed by atoms with E-state index in [1.54, 1.807) is 24.4 Å². The maximum Gasteiger partial charge on any atom is 0.273 e. The molecule has 1 unspecified atom stereocenters. The molecule has 0 spiro atoms. The maximum atomic E-state index is 14.2. The van der Waals surface area contributed by atoms with Crippen LogP contribution in [0.3, 0.4) is 0 Å². The van der Waals surface area contributed by atoms with E-state index in [4.69, 9.17) is 16.3 Å². The maximum absolute atomic E-state index is 14.2. The van der Waals surface area contributed by atoms with Crippen molar-refractivity contribution < 1.29 is 27.3 Å². The lowest BCUT2D eigenvalue weighted by Gasteiger charge is -2.39. The fourth-order valence-corrected chi connectivity index (χ4v) is 12.1. The number of benzene rings is 3. The van der Waals surface area contributed by atoms with Crippen molar-refractivity contribution in [3.05, 3.63) is 123 Å². The SMILES string of the molecule is C=P1(C)CCN(C(CF)CCc2ccc(S(=O)(=O)NC(=O)c3ccc(N4CCN(CC5=C(c6ccc(Cl)cc6)CC(C)(C)CC5)CC4)cc3Oc3cnc4[nH]ccc4c3)cc2[N+](=O)[O-])CC1. The van der Waals surface area contributed by atoms with Gasteiger partial charge in [-0.15, -0.1) is 13.2 Å². The number of anilines is 1. The smallest absolute Gasteiger partial charge is 0.273 e. The summed E-state index contributed by atoms with van der Waals surface area (Å²) < 4.78 is 50.3. The van der Waals surface area contributed by atoms with E-state index in [-0.39, 0.29) is 28.7 Å². The van der Waals surface area contributed by atoms with Gasteiger partial charge in [0.15, 0.2) is 0 Å². The van der Waals surface area contributed by atoms with E-state index in [2.05, 4.69) is 68.3 Å². The zero-order valence-electron chi connectivity index (χ0n) is 37.8. The molecule has 4 heterocycles. The monoisotopic (exact) mass is 957 g/mol. The molecule has 66 heavy (non-hydrogen) atoms. The van der Waals surface area contributed by atoms with E-state index in [0.717, 1.165) is 86.5 Å². The van der Waals surface area contributed by atoms with Gasteiger partial charge in [0.2, 0.25) is 0 Å². The molecule has 13 nitrogen and oxygen atoms in total. The van der Waals surface area contributed by atoms with Crippen LogP contribution in [0.5, 0.6) is 11.5 Å². The Bertz CT molecular complexity index is 2800. The number of alkyl halides is 1. The van der Waals surface area contributed by atoms with Crippen molar-refractivity contribution in [3.8, 4) is 11.5 Å².